The van der Waals surface area contributed by atoms with Crippen molar-refractivity contribution in [3.05, 3.63) is 154 Å². The van der Waals surface area contributed by atoms with Crippen molar-refractivity contribution in [3.63, 3.8) is 0 Å². The van der Waals surface area contributed by atoms with Gasteiger partial charge in [0.25, 0.3) is 47.3 Å². The fourth-order valence-corrected chi connectivity index (χ4v) is 7.81. The van der Waals surface area contributed by atoms with Crippen LogP contribution < -0.4 is 19.3 Å². The fraction of sp³-hybridized carbons (Fsp3) is 0.111. The highest BCUT2D eigenvalue weighted by molar-refractivity contribution is 6.35. The second-order valence-corrected chi connectivity index (χ2v) is 14.6. The number of rotatable bonds is 12. The van der Waals surface area contributed by atoms with Gasteiger partial charge >= 0.3 is 0 Å². The molecule has 10 rings (SSSR count). The Hall–Kier alpha value is -8.80. The molecule has 0 bridgehead atoms. The minimum absolute atomic E-state index is 0.0494. The van der Waals surface area contributed by atoms with Gasteiger partial charge in [0.1, 0.15) is 23.0 Å². The van der Waals surface area contributed by atoms with Crippen LogP contribution in [0.15, 0.2) is 110 Å². The molecule has 8 amide bonds. The molecule has 0 saturated carbocycles. The zero-order valence-corrected chi connectivity index (χ0v) is 32.6. The van der Waals surface area contributed by atoms with E-state index in [4.69, 9.17) is 9.47 Å². The minimum Gasteiger partial charge on any atom is -0.457 e. The van der Waals surface area contributed by atoms with E-state index in [0.717, 1.165) is 19.6 Å². The molecule has 0 radical (unpaired) electrons. The molecule has 308 valence electrons. The van der Waals surface area contributed by atoms with E-state index in [9.17, 15) is 38.4 Å². The number of nitrogens with zero attached hydrogens (tertiary/aromatic N) is 8. The Morgan fingerprint density at radius 3 is 0.984 bits per heavy atom. The molecule has 63 heavy (non-hydrogen) atoms. The molecule has 6 aromatic rings. The predicted molar refractivity (Wildman–Crippen MR) is 217 cm³/mol. The molecule has 18 heteroatoms. The van der Waals surface area contributed by atoms with Gasteiger partial charge in [0.05, 0.1) is 44.5 Å². The van der Waals surface area contributed by atoms with Crippen LogP contribution in [0.3, 0.4) is 0 Å². The Kier molecular flexibility index (Phi) is 9.16. The smallest absolute Gasteiger partial charge is 0.268 e. The SMILES string of the molecule is O=C1c2ccc(Oc3ccc4c(c3)C(=O)N(c3ncccn3)C4=O)cc2C(=O)N1CCCCCN1C(=O)c2ccc(Oc3ccc4c(c3)C(=O)N(c3ncccn3)C4=O)cc2C1=O. The Morgan fingerprint density at radius 1 is 0.349 bits per heavy atom. The van der Waals surface area contributed by atoms with Crippen LogP contribution in [0.4, 0.5) is 11.9 Å². The van der Waals surface area contributed by atoms with Gasteiger partial charge in [-0.1, -0.05) is 0 Å². The third-order valence-electron chi connectivity index (χ3n) is 10.8. The van der Waals surface area contributed by atoms with Gasteiger partial charge in [0.15, 0.2) is 0 Å². The predicted octanol–water partition coefficient (Wildman–Crippen LogP) is 5.51. The maximum Gasteiger partial charge on any atom is 0.268 e. The number of hydrogen-bond donors (Lipinski definition) is 0. The maximum atomic E-state index is 13.4. The van der Waals surface area contributed by atoms with Crippen LogP contribution in [0, 0.1) is 0 Å². The normalized spacial score (nSPS) is 15.1. The van der Waals surface area contributed by atoms with Gasteiger partial charge in [-0.25, -0.2) is 29.7 Å². The van der Waals surface area contributed by atoms with Crippen molar-refractivity contribution >= 4 is 59.2 Å². The third-order valence-corrected chi connectivity index (χ3v) is 10.8. The molecule has 4 aliphatic heterocycles. The number of anilines is 2. The number of ether oxygens (including phenoxy) is 2. The molecule has 18 nitrogen and oxygen atoms in total. The first-order valence-electron chi connectivity index (χ1n) is 19.5. The minimum atomic E-state index is -0.608. The van der Waals surface area contributed by atoms with Gasteiger partial charge < -0.3 is 9.47 Å². The topological polar surface area (TPSA) is 220 Å². The van der Waals surface area contributed by atoms with Crippen LogP contribution >= 0.6 is 0 Å². The Bertz CT molecular complexity index is 2830. The van der Waals surface area contributed by atoms with E-state index in [-0.39, 0.29) is 92.5 Å². The number of amides is 8. The highest BCUT2D eigenvalue weighted by Crippen LogP contribution is 2.35. The van der Waals surface area contributed by atoms with Crippen molar-refractivity contribution in [1.82, 2.24) is 29.7 Å². The van der Waals surface area contributed by atoms with Gasteiger partial charge in [-0.2, -0.15) is 0 Å². The van der Waals surface area contributed by atoms with Crippen molar-refractivity contribution in [3.8, 4) is 23.0 Å². The van der Waals surface area contributed by atoms with Gasteiger partial charge in [-0.05, 0) is 104 Å². The summed E-state index contributed by atoms with van der Waals surface area (Å²) in [5.41, 5.74) is 1.25. The first-order valence-corrected chi connectivity index (χ1v) is 19.5. The molecule has 0 spiro atoms. The summed E-state index contributed by atoms with van der Waals surface area (Å²) in [6, 6.07) is 20.9. The van der Waals surface area contributed by atoms with Crippen molar-refractivity contribution in [2.45, 2.75) is 19.3 Å². The lowest BCUT2D eigenvalue weighted by atomic mass is 10.1. The zero-order valence-electron chi connectivity index (χ0n) is 32.6. The number of unbranched alkanes of at least 4 members (excludes halogenated alkanes) is 2. The molecular formula is C45H28N8O10. The van der Waals surface area contributed by atoms with Crippen molar-refractivity contribution in [1.29, 1.82) is 0 Å². The number of hydrogen-bond acceptors (Lipinski definition) is 14. The van der Waals surface area contributed by atoms with Gasteiger partial charge in [0.2, 0.25) is 11.9 Å². The molecule has 0 aliphatic carbocycles. The quantitative estimate of drug-likeness (QED) is 0.110. The summed E-state index contributed by atoms with van der Waals surface area (Å²) in [6.07, 6.45) is 7.00. The van der Waals surface area contributed by atoms with Crippen LogP contribution in [0.2, 0.25) is 0 Å². The Labute approximate surface area is 355 Å². The summed E-state index contributed by atoms with van der Waals surface area (Å²) >= 11 is 0. The van der Waals surface area contributed by atoms with E-state index < -0.39 is 47.3 Å². The van der Waals surface area contributed by atoms with Crippen LogP contribution in [0.5, 0.6) is 23.0 Å². The van der Waals surface area contributed by atoms with Gasteiger partial charge in [0, 0.05) is 37.9 Å². The number of carbonyl (C=O) groups excluding carboxylic acids is 8. The second kappa shape index (κ2) is 15.0. The number of carbonyl (C=O) groups is 8. The lowest BCUT2D eigenvalue weighted by Crippen LogP contribution is -2.32. The van der Waals surface area contributed by atoms with Crippen LogP contribution in [-0.4, -0.2) is 90.1 Å². The average Bonchev–Trinajstić information content (AvgIpc) is 3.89. The molecule has 0 atom stereocenters. The number of imide groups is 4. The molecule has 2 aromatic heterocycles. The second-order valence-electron chi connectivity index (χ2n) is 14.6. The molecule has 4 aromatic carbocycles. The van der Waals surface area contributed by atoms with E-state index in [0.29, 0.717) is 19.3 Å². The van der Waals surface area contributed by atoms with Gasteiger partial charge in [-0.3, -0.25) is 48.2 Å². The standard InChI is InChI=1S/C45H28N8O10/c54-36-28-10-6-24(62-26-8-12-30-34(22-26)42(60)52(40(30)58)44-46-14-4-15-47-44)20-32(28)38(56)50(36)18-2-1-3-19-51-37(55)29-11-7-25(21-33(29)39(51)57)63-27-9-13-31-35(23-27)43(61)53(41(31)59)45-48-16-5-17-49-45/h4-17,20-23H,1-3,18-19H2. The number of fused-ring (bicyclic) bond motifs is 4. The first-order chi connectivity index (χ1) is 30.6. The van der Waals surface area contributed by atoms with E-state index in [1.807, 2.05) is 0 Å². The van der Waals surface area contributed by atoms with Crippen LogP contribution in [0.1, 0.15) is 102 Å². The molecule has 0 fully saturated rings. The maximum absolute atomic E-state index is 13.4. The first kappa shape index (κ1) is 38.4. The van der Waals surface area contributed by atoms with E-state index in [2.05, 4.69) is 19.9 Å². The fourth-order valence-electron chi connectivity index (χ4n) is 7.81. The molecule has 0 N–H and O–H groups in total. The monoisotopic (exact) mass is 840 g/mol. The molecule has 6 heterocycles. The molecule has 0 saturated heterocycles. The van der Waals surface area contributed by atoms with E-state index in [1.165, 1.54) is 97.6 Å². The molecular weight excluding hydrogens is 813 g/mol. The Morgan fingerprint density at radius 2 is 0.635 bits per heavy atom. The largest absolute Gasteiger partial charge is 0.457 e. The van der Waals surface area contributed by atoms with Crippen LogP contribution in [-0.2, 0) is 0 Å². The van der Waals surface area contributed by atoms with Gasteiger partial charge in [-0.15, -0.1) is 0 Å². The van der Waals surface area contributed by atoms with Crippen molar-refractivity contribution < 1.29 is 47.8 Å². The zero-order chi connectivity index (χ0) is 43.5. The lowest BCUT2D eigenvalue weighted by Gasteiger charge is -2.15. The summed E-state index contributed by atoms with van der Waals surface area (Å²) in [6.45, 7) is 0.211. The Balaban J connectivity index is 0.727. The number of benzene rings is 4. The molecule has 4 aliphatic rings. The van der Waals surface area contributed by atoms with E-state index >= 15 is 0 Å². The van der Waals surface area contributed by atoms with E-state index in [1.54, 1.807) is 12.1 Å². The number of aromatic nitrogens is 4. The average molecular weight is 841 g/mol. The lowest BCUT2D eigenvalue weighted by molar-refractivity contribution is 0.0647. The highest BCUT2D eigenvalue weighted by atomic mass is 16.5. The van der Waals surface area contributed by atoms with Crippen LogP contribution in [0.25, 0.3) is 0 Å². The third kappa shape index (κ3) is 6.44. The highest BCUT2D eigenvalue weighted by Gasteiger charge is 2.41. The summed E-state index contributed by atoms with van der Waals surface area (Å²) in [7, 11) is 0. The van der Waals surface area contributed by atoms with Crippen molar-refractivity contribution in [2.24, 2.45) is 0 Å². The summed E-state index contributed by atoms with van der Waals surface area (Å²) in [4.78, 5) is 125. The summed E-state index contributed by atoms with van der Waals surface area (Å²) in [5.74, 6) is -3.46. The summed E-state index contributed by atoms with van der Waals surface area (Å²) < 4.78 is 11.9. The summed E-state index contributed by atoms with van der Waals surface area (Å²) in [5, 5.41) is 0. The van der Waals surface area contributed by atoms with Crippen molar-refractivity contribution in [2.75, 3.05) is 22.9 Å². The molecule has 0 unspecified atom stereocenters.